The SMILES string of the molecule is Cc1ccc(Oc2cc(F)c(Nc3ncnc4ccc([N+](=O)[O-])cc34)cc2C)cn1. The van der Waals surface area contributed by atoms with E-state index in [-0.39, 0.29) is 17.2 Å². The third-order valence-electron chi connectivity index (χ3n) is 4.46. The molecule has 4 aromatic rings. The molecule has 0 aliphatic rings. The van der Waals surface area contributed by atoms with E-state index in [0.717, 1.165) is 5.69 Å². The smallest absolute Gasteiger partial charge is 0.270 e. The van der Waals surface area contributed by atoms with E-state index < -0.39 is 10.7 Å². The van der Waals surface area contributed by atoms with Crippen LogP contribution in [0.1, 0.15) is 11.3 Å². The molecular weight excluding hydrogens is 389 g/mol. The first-order valence-electron chi connectivity index (χ1n) is 8.97. The molecule has 0 radical (unpaired) electrons. The molecule has 8 nitrogen and oxygen atoms in total. The molecule has 0 atom stereocenters. The summed E-state index contributed by atoms with van der Waals surface area (Å²) in [6.45, 7) is 3.64. The average molecular weight is 405 g/mol. The highest BCUT2D eigenvalue weighted by molar-refractivity contribution is 5.92. The molecule has 30 heavy (non-hydrogen) atoms. The maximum atomic E-state index is 14.8. The number of fused-ring (bicyclic) bond motifs is 1. The molecule has 0 amide bonds. The van der Waals surface area contributed by atoms with E-state index in [9.17, 15) is 14.5 Å². The van der Waals surface area contributed by atoms with Gasteiger partial charge in [-0.25, -0.2) is 14.4 Å². The molecule has 150 valence electrons. The third kappa shape index (κ3) is 3.86. The number of hydrogen-bond donors (Lipinski definition) is 1. The Bertz CT molecular complexity index is 1260. The summed E-state index contributed by atoms with van der Waals surface area (Å²) in [5, 5.41) is 14.4. The molecule has 4 rings (SSSR count). The van der Waals surface area contributed by atoms with Crippen LogP contribution in [0.25, 0.3) is 10.9 Å². The van der Waals surface area contributed by atoms with E-state index in [0.29, 0.717) is 28.0 Å². The lowest BCUT2D eigenvalue weighted by atomic mass is 10.1. The van der Waals surface area contributed by atoms with Gasteiger partial charge in [-0.05, 0) is 43.7 Å². The zero-order chi connectivity index (χ0) is 21.3. The molecule has 2 aromatic carbocycles. The van der Waals surface area contributed by atoms with Crippen LogP contribution < -0.4 is 10.1 Å². The highest BCUT2D eigenvalue weighted by Crippen LogP contribution is 2.32. The number of nitrogens with one attached hydrogen (secondary N) is 1. The van der Waals surface area contributed by atoms with Crippen molar-refractivity contribution in [3.63, 3.8) is 0 Å². The Morgan fingerprint density at radius 1 is 1.07 bits per heavy atom. The van der Waals surface area contributed by atoms with Crippen LogP contribution in [0.5, 0.6) is 11.5 Å². The van der Waals surface area contributed by atoms with Crippen molar-refractivity contribution < 1.29 is 14.1 Å². The summed E-state index contributed by atoms with van der Waals surface area (Å²) in [4.78, 5) is 23.0. The molecule has 0 saturated carbocycles. The summed E-state index contributed by atoms with van der Waals surface area (Å²) in [5.41, 5.74) is 2.09. The van der Waals surface area contributed by atoms with Crippen molar-refractivity contribution in [1.82, 2.24) is 15.0 Å². The summed E-state index contributed by atoms with van der Waals surface area (Å²) in [6, 6.07) is 10.6. The minimum absolute atomic E-state index is 0.104. The van der Waals surface area contributed by atoms with Crippen LogP contribution in [0.3, 0.4) is 0 Å². The van der Waals surface area contributed by atoms with Gasteiger partial charge in [-0.2, -0.15) is 0 Å². The number of nitrogens with zero attached hydrogens (tertiary/aromatic N) is 4. The maximum Gasteiger partial charge on any atom is 0.270 e. The third-order valence-corrected chi connectivity index (χ3v) is 4.46. The number of aromatic nitrogens is 3. The van der Waals surface area contributed by atoms with Crippen LogP contribution in [0.15, 0.2) is 55.0 Å². The summed E-state index contributed by atoms with van der Waals surface area (Å²) in [7, 11) is 0. The van der Waals surface area contributed by atoms with Gasteiger partial charge in [-0.3, -0.25) is 15.1 Å². The quantitative estimate of drug-likeness (QED) is 0.358. The maximum absolute atomic E-state index is 14.8. The Morgan fingerprint density at radius 2 is 1.90 bits per heavy atom. The van der Waals surface area contributed by atoms with Gasteiger partial charge in [0.05, 0.1) is 22.3 Å². The van der Waals surface area contributed by atoms with Crippen molar-refractivity contribution in [3.8, 4) is 11.5 Å². The topological polar surface area (TPSA) is 103 Å². The number of non-ortho nitro benzene ring substituents is 1. The Labute approximate surface area is 170 Å². The number of anilines is 2. The molecular formula is C21H16FN5O3. The average Bonchev–Trinajstić information content (AvgIpc) is 2.73. The van der Waals surface area contributed by atoms with Crippen molar-refractivity contribution in [1.29, 1.82) is 0 Å². The number of ether oxygens (including phenoxy) is 1. The van der Waals surface area contributed by atoms with Crippen LogP contribution in [0, 0.1) is 29.8 Å². The predicted molar refractivity (Wildman–Crippen MR) is 110 cm³/mol. The van der Waals surface area contributed by atoms with E-state index in [1.54, 1.807) is 31.3 Å². The molecule has 2 aromatic heterocycles. The number of nitro groups is 1. The van der Waals surface area contributed by atoms with Crippen molar-refractivity contribution in [2.24, 2.45) is 0 Å². The normalized spacial score (nSPS) is 10.8. The van der Waals surface area contributed by atoms with E-state index in [1.165, 1.54) is 30.6 Å². The zero-order valence-electron chi connectivity index (χ0n) is 16.1. The molecule has 0 fully saturated rings. The van der Waals surface area contributed by atoms with Crippen molar-refractivity contribution in [3.05, 3.63) is 82.2 Å². The largest absolute Gasteiger partial charge is 0.455 e. The van der Waals surface area contributed by atoms with Crippen LogP contribution in [-0.4, -0.2) is 19.9 Å². The number of hydrogen-bond acceptors (Lipinski definition) is 7. The van der Waals surface area contributed by atoms with Crippen molar-refractivity contribution in [2.75, 3.05) is 5.32 Å². The van der Waals surface area contributed by atoms with Gasteiger partial charge >= 0.3 is 0 Å². The lowest BCUT2D eigenvalue weighted by Crippen LogP contribution is -2.00. The fourth-order valence-electron chi connectivity index (χ4n) is 2.90. The van der Waals surface area contributed by atoms with Gasteiger partial charge in [0, 0.05) is 29.3 Å². The Hall–Kier alpha value is -4.14. The predicted octanol–water partition coefficient (Wildman–Crippen LogP) is 5.22. The number of rotatable bonds is 5. The molecule has 0 aliphatic carbocycles. The van der Waals surface area contributed by atoms with Crippen LogP contribution >= 0.6 is 0 Å². The van der Waals surface area contributed by atoms with Gasteiger partial charge in [0.25, 0.3) is 5.69 Å². The summed E-state index contributed by atoms with van der Waals surface area (Å²) in [6.07, 6.45) is 2.88. The van der Waals surface area contributed by atoms with E-state index in [4.69, 9.17) is 4.74 Å². The number of nitro benzene ring substituents is 1. The minimum atomic E-state index is -0.562. The summed E-state index contributed by atoms with van der Waals surface area (Å²) in [5.74, 6) is 0.552. The molecule has 2 heterocycles. The molecule has 1 N–H and O–H groups in total. The lowest BCUT2D eigenvalue weighted by Gasteiger charge is -2.13. The first kappa shape index (κ1) is 19.2. The fourth-order valence-corrected chi connectivity index (χ4v) is 2.90. The minimum Gasteiger partial charge on any atom is -0.455 e. The molecule has 0 aliphatic heterocycles. The second-order valence-corrected chi connectivity index (χ2v) is 6.64. The molecule has 0 bridgehead atoms. The van der Waals surface area contributed by atoms with E-state index >= 15 is 0 Å². The highest BCUT2D eigenvalue weighted by Gasteiger charge is 2.14. The van der Waals surface area contributed by atoms with Gasteiger partial charge < -0.3 is 10.1 Å². The molecule has 0 saturated heterocycles. The van der Waals surface area contributed by atoms with Crippen LogP contribution in [-0.2, 0) is 0 Å². The van der Waals surface area contributed by atoms with Gasteiger partial charge in [0.1, 0.15) is 29.5 Å². The lowest BCUT2D eigenvalue weighted by molar-refractivity contribution is -0.384. The van der Waals surface area contributed by atoms with Crippen molar-refractivity contribution in [2.45, 2.75) is 13.8 Å². The summed E-state index contributed by atoms with van der Waals surface area (Å²) >= 11 is 0. The van der Waals surface area contributed by atoms with Gasteiger partial charge in [0.2, 0.25) is 0 Å². The van der Waals surface area contributed by atoms with E-state index in [1.807, 2.05) is 6.92 Å². The second kappa shape index (κ2) is 7.70. The highest BCUT2D eigenvalue weighted by atomic mass is 19.1. The number of pyridine rings is 1. The van der Waals surface area contributed by atoms with Crippen LogP contribution in [0.2, 0.25) is 0 Å². The molecule has 0 unspecified atom stereocenters. The van der Waals surface area contributed by atoms with E-state index in [2.05, 4.69) is 20.3 Å². The Morgan fingerprint density at radius 3 is 2.63 bits per heavy atom. The van der Waals surface area contributed by atoms with Gasteiger partial charge in [-0.15, -0.1) is 0 Å². The Balaban J connectivity index is 1.67. The first-order chi connectivity index (χ1) is 14.4. The zero-order valence-corrected chi connectivity index (χ0v) is 16.1. The monoisotopic (exact) mass is 405 g/mol. The van der Waals surface area contributed by atoms with Gasteiger partial charge in [0.15, 0.2) is 0 Å². The van der Waals surface area contributed by atoms with Crippen LogP contribution in [0.4, 0.5) is 21.6 Å². The number of halogens is 1. The van der Waals surface area contributed by atoms with Gasteiger partial charge in [-0.1, -0.05) is 0 Å². The molecule has 9 heteroatoms. The van der Waals surface area contributed by atoms with Crippen molar-refractivity contribution >= 4 is 28.1 Å². The second-order valence-electron chi connectivity index (χ2n) is 6.64. The fraction of sp³-hybridized carbons (Fsp3) is 0.0952. The standard InChI is InChI=1S/C21H16FN5O3/c1-12-7-19(17(22)9-20(12)30-15-5-3-13(2)23-10-15)26-21-16-8-14(27(28)29)4-6-18(16)24-11-25-21/h3-11H,1-2H3,(H,24,25,26). The number of aryl methyl sites for hydroxylation is 2. The first-order valence-corrected chi connectivity index (χ1v) is 8.97. The molecule has 0 spiro atoms. The Kier molecular flexibility index (Phi) is 4.93. The number of benzene rings is 2. The summed E-state index contributed by atoms with van der Waals surface area (Å²) < 4.78 is 20.5.